The third kappa shape index (κ3) is 5.29. The van der Waals surface area contributed by atoms with Gasteiger partial charge in [-0.2, -0.15) is 0 Å². The Bertz CT molecular complexity index is 780. The van der Waals surface area contributed by atoms with Gasteiger partial charge in [0.2, 0.25) is 11.8 Å². The smallest absolute Gasteiger partial charge is 0.223 e. The van der Waals surface area contributed by atoms with Gasteiger partial charge in [0.1, 0.15) is 5.82 Å². The van der Waals surface area contributed by atoms with E-state index < -0.39 is 5.82 Å². The van der Waals surface area contributed by atoms with Gasteiger partial charge in [0.15, 0.2) is 0 Å². The minimum absolute atomic E-state index is 0.0623. The summed E-state index contributed by atoms with van der Waals surface area (Å²) in [7, 11) is 0. The zero-order chi connectivity index (χ0) is 18.4. The molecule has 2 rings (SSSR count). The van der Waals surface area contributed by atoms with Crippen molar-refractivity contribution in [2.24, 2.45) is 0 Å². The van der Waals surface area contributed by atoms with Crippen molar-refractivity contribution in [3.8, 4) is 0 Å². The van der Waals surface area contributed by atoms with E-state index in [0.717, 1.165) is 11.1 Å². The van der Waals surface area contributed by atoms with E-state index in [9.17, 15) is 14.0 Å². The molecule has 0 radical (unpaired) electrons. The Hall–Kier alpha value is -2.40. The van der Waals surface area contributed by atoms with E-state index in [-0.39, 0.29) is 29.8 Å². The van der Waals surface area contributed by atoms with Crippen molar-refractivity contribution in [2.75, 3.05) is 11.4 Å². The molecule has 2 aromatic carbocycles. The molecule has 0 aromatic heterocycles. The number of carbonyl (C=O) groups is 2. The molecule has 2 amide bonds. The van der Waals surface area contributed by atoms with E-state index in [1.807, 2.05) is 31.2 Å². The van der Waals surface area contributed by atoms with E-state index in [2.05, 4.69) is 5.32 Å². The number of hydrogen-bond donors (Lipinski definition) is 1. The van der Waals surface area contributed by atoms with Crippen LogP contribution in [0.4, 0.5) is 10.1 Å². The number of halogens is 2. The van der Waals surface area contributed by atoms with E-state index in [1.54, 1.807) is 0 Å². The van der Waals surface area contributed by atoms with Crippen LogP contribution in [-0.4, -0.2) is 18.4 Å². The number of nitrogens with one attached hydrogen (secondary N) is 1. The molecule has 0 saturated carbocycles. The lowest BCUT2D eigenvalue weighted by molar-refractivity contribution is -0.121. The summed E-state index contributed by atoms with van der Waals surface area (Å²) in [6, 6.07) is 11.8. The Balaban J connectivity index is 1.94. The first-order valence-corrected chi connectivity index (χ1v) is 8.30. The number of benzene rings is 2. The molecule has 0 aliphatic carbocycles. The molecule has 132 valence electrons. The lowest BCUT2D eigenvalue weighted by Crippen LogP contribution is -2.33. The van der Waals surface area contributed by atoms with Crippen LogP contribution in [0.15, 0.2) is 42.5 Å². The second kappa shape index (κ2) is 8.62. The summed E-state index contributed by atoms with van der Waals surface area (Å²) in [4.78, 5) is 25.3. The predicted octanol–water partition coefficient (Wildman–Crippen LogP) is 3.85. The number of hydrogen-bond acceptors (Lipinski definition) is 2. The van der Waals surface area contributed by atoms with Gasteiger partial charge in [-0.25, -0.2) is 4.39 Å². The zero-order valence-corrected chi connectivity index (χ0v) is 14.9. The van der Waals surface area contributed by atoms with Crippen LogP contribution in [0.3, 0.4) is 0 Å². The Kier molecular flexibility index (Phi) is 6.53. The van der Waals surface area contributed by atoms with E-state index >= 15 is 0 Å². The summed E-state index contributed by atoms with van der Waals surface area (Å²) < 4.78 is 13.3. The molecule has 4 nitrogen and oxygen atoms in total. The number of anilines is 1. The zero-order valence-electron chi connectivity index (χ0n) is 14.2. The summed E-state index contributed by atoms with van der Waals surface area (Å²) in [5.41, 5.74) is 2.62. The standard InChI is InChI=1S/C19H20ClFN2O2/c1-13-5-3-4-6-15(13)12-22-19(25)9-10-23(14(2)24)16-7-8-18(21)17(20)11-16/h3-8,11H,9-10,12H2,1-2H3,(H,22,25). The van der Waals surface area contributed by atoms with Gasteiger partial charge in [0, 0.05) is 32.1 Å². The average molecular weight is 363 g/mol. The molecule has 0 aliphatic rings. The summed E-state index contributed by atoms with van der Waals surface area (Å²) in [6.07, 6.45) is 0.139. The van der Waals surface area contributed by atoms with Gasteiger partial charge in [-0.1, -0.05) is 35.9 Å². The largest absolute Gasteiger partial charge is 0.352 e. The van der Waals surface area contributed by atoms with Gasteiger partial charge in [-0.3, -0.25) is 9.59 Å². The highest BCUT2D eigenvalue weighted by Gasteiger charge is 2.15. The molecule has 0 unspecified atom stereocenters. The maximum Gasteiger partial charge on any atom is 0.223 e. The molecule has 0 bridgehead atoms. The fourth-order valence-electron chi connectivity index (χ4n) is 2.43. The van der Waals surface area contributed by atoms with Gasteiger partial charge in [-0.05, 0) is 36.2 Å². The molecular formula is C19H20ClFN2O2. The highest BCUT2D eigenvalue weighted by Crippen LogP contribution is 2.23. The minimum Gasteiger partial charge on any atom is -0.352 e. The van der Waals surface area contributed by atoms with Crippen LogP contribution in [0, 0.1) is 12.7 Å². The lowest BCUT2D eigenvalue weighted by Gasteiger charge is -2.21. The number of rotatable bonds is 6. The number of amides is 2. The van der Waals surface area contributed by atoms with Gasteiger partial charge in [0.05, 0.1) is 5.02 Å². The topological polar surface area (TPSA) is 49.4 Å². The summed E-state index contributed by atoms with van der Waals surface area (Å²) in [6.45, 7) is 4.00. The fourth-order valence-corrected chi connectivity index (χ4v) is 2.60. The molecule has 6 heteroatoms. The average Bonchev–Trinajstić information content (AvgIpc) is 2.57. The lowest BCUT2D eigenvalue weighted by atomic mass is 10.1. The van der Waals surface area contributed by atoms with Crippen molar-refractivity contribution in [2.45, 2.75) is 26.8 Å². The Morgan fingerprint density at radius 3 is 2.56 bits per heavy atom. The summed E-state index contributed by atoms with van der Waals surface area (Å²) in [5.74, 6) is -0.956. The van der Waals surface area contributed by atoms with Crippen molar-refractivity contribution >= 4 is 29.1 Å². The van der Waals surface area contributed by atoms with E-state index in [1.165, 1.54) is 30.0 Å². The first kappa shape index (κ1) is 18.9. The van der Waals surface area contributed by atoms with E-state index in [0.29, 0.717) is 12.2 Å². The third-order valence-electron chi connectivity index (χ3n) is 3.89. The highest BCUT2D eigenvalue weighted by atomic mass is 35.5. The van der Waals surface area contributed by atoms with Crippen LogP contribution in [0.2, 0.25) is 5.02 Å². The monoisotopic (exact) mass is 362 g/mol. The van der Waals surface area contributed by atoms with Gasteiger partial charge < -0.3 is 10.2 Å². The molecule has 0 heterocycles. The quantitative estimate of drug-likeness (QED) is 0.848. The SMILES string of the molecule is CC(=O)N(CCC(=O)NCc1ccccc1C)c1ccc(F)c(Cl)c1. The van der Waals surface area contributed by atoms with Crippen LogP contribution in [0.1, 0.15) is 24.5 Å². The third-order valence-corrected chi connectivity index (χ3v) is 4.18. The van der Waals surface area contributed by atoms with E-state index in [4.69, 9.17) is 11.6 Å². The van der Waals surface area contributed by atoms with Gasteiger partial charge >= 0.3 is 0 Å². The Morgan fingerprint density at radius 1 is 1.20 bits per heavy atom. The van der Waals surface area contributed by atoms with Crippen molar-refractivity contribution in [1.82, 2.24) is 5.32 Å². The molecule has 25 heavy (non-hydrogen) atoms. The molecule has 0 spiro atoms. The number of aryl methyl sites for hydroxylation is 1. The fraction of sp³-hybridized carbons (Fsp3) is 0.263. The molecule has 2 aromatic rings. The first-order chi connectivity index (χ1) is 11.9. The molecule has 1 N–H and O–H groups in total. The predicted molar refractivity (Wildman–Crippen MR) is 97.1 cm³/mol. The molecular weight excluding hydrogens is 343 g/mol. The minimum atomic E-state index is -0.551. The molecule has 0 atom stereocenters. The van der Waals surface area contributed by atoms with Crippen molar-refractivity contribution < 1.29 is 14.0 Å². The molecule has 0 aliphatic heterocycles. The second-order valence-electron chi connectivity index (χ2n) is 5.72. The van der Waals surface area contributed by atoms with Gasteiger partial charge in [0.25, 0.3) is 0 Å². The van der Waals surface area contributed by atoms with Crippen molar-refractivity contribution in [3.63, 3.8) is 0 Å². The Labute approximate surface area is 151 Å². The Morgan fingerprint density at radius 2 is 1.92 bits per heavy atom. The van der Waals surface area contributed by atoms with Crippen molar-refractivity contribution in [3.05, 3.63) is 64.4 Å². The number of carbonyl (C=O) groups excluding carboxylic acids is 2. The maximum absolute atomic E-state index is 13.3. The first-order valence-electron chi connectivity index (χ1n) is 7.93. The van der Waals surface area contributed by atoms with Crippen LogP contribution in [-0.2, 0) is 16.1 Å². The van der Waals surface area contributed by atoms with Crippen LogP contribution < -0.4 is 10.2 Å². The van der Waals surface area contributed by atoms with Gasteiger partial charge in [-0.15, -0.1) is 0 Å². The maximum atomic E-state index is 13.3. The van der Waals surface area contributed by atoms with Crippen LogP contribution >= 0.6 is 11.6 Å². The molecule has 0 fully saturated rings. The normalized spacial score (nSPS) is 10.4. The summed E-state index contributed by atoms with van der Waals surface area (Å²) >= 11 is 5.77. The van der Waals surface area contributed by atoms with Crippen molar-refractivity contribution in [1.29, 1.82) is 0 Å². The number of nitrogens with zero attached hydrogens (tertiary/aromatic N) is 1. The summed E-state index contributed by atoms with van der Waals surface area (Å²) in [5, 5.41) is 2.78. The highest BCUT2D eigenvalue weighted by molar-refractivity contribution is 6.31. The molecule has 0 saturated heterocycles. The van der Waals surface area contributed by atoms with Crippen LogP contribution in [0.5, 0.6) is 0 Å². The second-order valence-corrected chi connectivity index (χ2v) is 6.13. The van der Waals surface area contributed by atoms with Crippen LogP contribution in [0.25, 0.3) is 0 Å².